The van der Waals surface area contributed by atoms with E-state index in [2.05, 4.69) is 0 Å². The van der Waals surface area contributed by atoms with Crippen LogP contribution in [0.4, 0.5) is 11.4 Å². The van der Waals surface area contributed by atoms with Gasteiger partial charge in [0.25, 0.3) is 47.3 Å². The SMILES string of the molecule is CC(COCC(C)N1C(=O)c2ccc3c4ccc5c6c(ccc(c7ccc(c2c37)C1=O)c64)C(=O)N(c1ccc(-c2ccccc2)cc1)C5=O)N1C(=O)c2ccc3c4ccc5c6c(ccc(c7ccc(c2c37)C1=O)c64)C(=O)N(c1ccc(-c2ccccc2)cc1)C5=O. The molecular weight excluding hydrogens is 1140 g/mol. The lowest BCUT2D eigenvalue weighted by Gasteiger charge is -2.34. The minimum absolute atomic E-state index is 0.0923. The van der Waals surface area contributed by atoms with Gasteiger partial charge in [0.15, 0.2) is 0 Å². The molecule has 0 aromatic heterocycles. The normalized spacial score (nSPS) is 15.5. The van der Waals surface area contributed by atoms with Crippen LogP contribution in [0.1, 0.15) is 96.7 Å². The molecule has 0 spiro atoms. The maximum atomic E-state index is 14.7. The molecule has 2 unspecified atom stereocenters. The summed E-state index contributed by atoms with van der Waals surface area (Å²) in [5, 5.41) is 11.3. The molecule has 432 valence electrons. The zero-order valence-corrected chi connectivity index (χ0v) is 48.7. The number of rotatable bonds is 10. The van der Waals surface area contributed by atoms with Crippen LogP contribution in [-0.2, 0) is 4.74 Å². The van der Waals surface area contributed by atoms with Gasteiger partial charge in [-0.05, 0) is 174 Å². The van der Waals surface area contributed by atoms with Gasteiger partial charge in [0.1, 0.15) is 0 Å². The van der Waals surface area contributed by atoms with E-state index < -0.39 is 59.3 Å². The highest BCUT2D eigenvalue weighted by Crippen LogP contribution is 2.50. The number of anilines is 2. The molecule has 4 aliphatic rings. The Morgan fingerprint density at radius 2 is 0.473 bits per heavy atom. The van der Waals surface area contributed by atoms with Crippen LogP contribution in [0, 0.1) is 0 Å². The first kappa shape index (κ1) is 52.3. The van der Waals surface area contributed by atoms with E-state index in [9.17, 15) is 38.4 Å². The third kappa shape index (κ3) is 7.03. The molecule has 0 aliphatic carbocycles. The van der Waals surface area contributed by atoms with E-state index in [0.717, 1.165) is 86.9 Å². The van der Waals surface area contributed by atoms with Crippen LogP contribution in [-0.4, -0.2) is 82.4 Å². The summed E-state index contributed by atoms with van der Waals surface area (Å²) < 4.78 is 6.26. The Morgan fingerprint density at radius 1 is 0.253 bits per heavy atom. The monoisotopic (exact) mass is 1180 g/mol. The summed E-state index contributed by atoms with van der Waals surface area (Å²) in [6, 6.07) is 62.0. The average molecular weight is 1180 g/mol. The van der Waals surface area contributed by atoms with Gasteiger partial charge in [0.2, 0.25) is 0 Å². The van der Waals surface area contributed by atoms with Gasteiger partial charge in [-0.3, -0.25) is 48.2 Å². The molecule has 4 aliphatic heterocycles. The van der Waals surface area contributed by atoms with Gasteiger partial charge in [0, 0.05) is 66.1 Å². The maximum Gasteiger partial charge on any atom is 0.265 e. The van der Waals surface area contributed by atoms with Crippen molar-refractivity contribution in [3.05, 3.63) is 251 Å². The Bertz CT molecular complexity index is 5130. The predicted octanol–water partition coefficient (Wildman–Crippen LogP) is 15.4. The number of hydrogen-bond donors (Lipinski definition) is 0. The summed E-state index contributed by atoms with van der Waals surface area (Å²) in [4.78, 5) is 122. The van der Waals surface area contributed by atoms with E-state index >= 15 is 0 Å². The fourth-order valence-electron chi connectivity index (χ4n) is 15.3. The van der Waals surface area contributed by atoms with Crippen molar-refractivity contribution in [3.63, 3.8) is 0 Å². The highest BCUT2D eigenvalue weighted by Gasteiger charge is 2.42. The van der Waals surface area contributed by atoms with Crippen molar-refractivity contribution in [1.29, 1.82) is 0 Å². The second kappa shape index (κ2) is 18.9. The fraction of sp³-hybridized carbons (Fsp3) is 0.0769. The molecule has 0 fully saturated rings. The number of fused-ring (bicyclic) bond motifs is 4. The van der Waals surface area contributed by atoms with Crippen LogP contribution in [0.3, 0.4) is 0 Å². The van der Waals surface area contributed by atoms with Crippen LogP contribution >= 0.6 is 0 Å². The summed E-state index contributed by atoms with van der Waals surface area (Å²) in [6.07, 6.45) is 0. The zero-order valence-electron chi connectivity index (χ0n) is 48.7. The quantitative estimate of drug-likeness (QED) is 0.0738. The van der Waals surface area contributed by atoms with Gasteiger partial charge in [-0.15, -0.1) is 0 Å². The number of benzene rings is 14. The average Bonchev–Trinajstić information content (AvgIpc) is 0.702. The van der Waals surface area contributed by atoms with Crippen molar-refractivity contribution in [2.75, 3.05) is 23.0 Å². The molecule has 0 saturated carbocycles. The zero-order chi connectivity index (χ0) is 61.6. The van der Waals surface area contributed by atoms with Crippen LogP contribution < -0.4 is 9.80 Å². The molecule has 0 radical (unpaired) electrons. The lowest BCUT2D eigenvalue weighted by atomic mass is 9.82. The summed E-state index contributed by atoms with van der Waals surface area (Å²) in [5.41, 5.74) is 7.83. The van der Waals surface area contributed by atoms with E-state index in [1.54, 1.807) is 86.6 Å². The molecule has 13 heteroatoms. The summed E-state index contributed by atoms with van der Waals surface area (Å²) in [7, 11) is 0. The fourth-order valence-corrected chi connectivity index (χ4v) is 15.3. The number of hydrogen-bond acceptors (Lipinski definition) is 9. The summed E-state index contributed by atoms with van der Waals surface area (Å²) >= 11 is 0. The molecule has 8 amide bonds. The van der Waals surface area contributed by atoms with Gasteiger partial charge >= 0.3 is 0 Å². The number of carbonyl (C=O) groups excluding carboxylic acids is 8. The van der Waals surface area contributed by atoms with Gasteiger partial charge in [-0.25, -0.2) is 9.80 Å². The minimum Gasteiger partial charge on any atom is -0.377 e. The predicted molar refractivity (Wildman–Crippen MR) is 352 cm³/mol. The van der Waals surface area contributed by atoms with Gasteiger partial charge < -0.3 is 4.74 Å². The first-order chi connectivity index (χ1) is 44.4. The van der Waals surface area contributed by atoms with Gasteiger partial charge in [-0.2, -0.15) is 0 Å². The largest absolute Gasteiger partial charge is 0.377 e. The molecule has 14 aromatic carbocycles. The lowest BCUT2D eigenvalue weighted by Crippen LogP contribution is -2.49. The lowest BCUT2D eigenvalue weighted by molar-refractivity contribution is 0.0236. The Morgan fingerprint density at radius 3 is 0.714 bits per heavy atom. The van der Waals surface area contributed by atoms with Crippen molar-refractivity contribution < 1.29 is 43.1 Å². The molecule has 18 rings (SSSR count). The molecule has 14 aromatic rings. The summed E-state index contributed by atoms with van der Waals surface area (Å²) in [5.74, 6) is -3.70. The number of nitrogens with zero attached hydrogens (tertiary/aromatic N) is 4. The Labute approximate surface area is 517 Å². The standard InChI is InChI=1S/C78H46N4O9/c1-39(79-71(83)55-29-21-47-51-25-33-59-69-60(34-26-52(65(51)69)48-22-30-56(72(79)84)67(55)63(47)48)76(88)81(75(59)87)45-17-13-43(14-18-45)41-9-5-3-6-10-41)37-91-38-40(2)80-73(85)57-31-23-49-53-27-35-61-70-62(36-28-54(66(53)70)50-24-32-58(74(80)86)68(57)64(49)50)78(90)82(77(61)89)46-19-15-44(16-20-46)42-11-7-4-8-12-42/h3-36,39-40H,37-38H2,1-2H3. The molecule has 4 heterocycles. The second-order valence-corrected chi connectivity index (χ2v) is 24.2. The topological polar surface area (TPSA) is 159 Å². The van der Waals surface area contributed by atoms with E-state index in [1.165, 1.54) is 19.6 Å². The molecule has 91 heavy (non-hydrogen) atoms. The maximum absolute atomic E-state index is 14.7. The van der Waals surface area contributed by atoms with Crippen molar-refractivity contribution in [1.82, 2.24) is 9.80 Å². The Balaban J connectivity index is 0.603. The number of ether oxygens (including phenoxy) is 1. The molecule has 0 N–H and O–H groups in total. The molecule has 2 atom stereocenters. The van der Waals surface area contributed by atoms with E-state index in [4.69, 9.17) is 4.74 Å². The molecular formula is C78H46N4O9. The first-order valence-corrected chi connectivity index (χ1v) is 30.2. The minimum atomic E-state index is -0.762. The number of imide groups is 4. The van der Waals surface area contributed by atoms with Crippen LogP contribution in [0.5, 0.6) is 0 Å². The molecule has 0 saturated heterocycles. The van der Waals surface area contributed by atoms with Crippen LogP contribution in [0.25, 0.3) is 108 Å². The molecule has 0 bridgehead atoms. The van der Waals surface area contributed by atoms with Crippen molar-refractivity contribution >= 4 is 145 Å². The highest BCUT2D eigenvalue weighted by molar-refractivity contribution is 6.46. The first-order valence-electron chi connectivity index (χ1n) is 30.2. The van der Waals surface area contributed by atoms with Crippen molar-refractivity contribution in [2.45, 2.75) is 25.9 Å². The van der Waals surface area contributed by atoms with Crippen molar-refractivity contribution in [3.8, 4) is 22.3 Å². The van der Waals surface area contributed by atoms with Crippen LogP contribution in [0.15, 0.2) is 206 Å². The molecule has 13 nitrogen and oxygen atoms in total. The van der Waals surface area contributed by atoms with Gasteiger partial charge in [0.05, 0.1) is 36.7 Å². The summed E-state index contributed by atoms with van der Waals surface area (Å²) in [6.45, 7) is 3.27. The smallest absolute Gasteiger partial charge is 0.265 e. The van der Waals surface area contributed by atoms with Crippen LogP contribution in [0.2, 0.25) is 0 Å². The van der Waals surface area contributed by atoms with E-state index in [0.29, 0.717) is 77.4 Å². The highest BCUT2D eigenvalue weighted by atomic mass is 16.5. The third-order valence-corrected chi connectivity index (χ3v) is 19.4. The van der Waals surface area contributed by atoms with Gasteiger partial charge in [-0.1, -0.05) is 133 Å². The van der Waals surface area contributed by atoms with E-state index in [-0.39, 0.29) is 13.2 Å². The number of carbonyl (C=O) groups is 8. The van der Waals surface area contributed by atoms with E-state index in [1.807, 2.05) is 133 Å². The Kier molecular flexibility index (Phi) is 10.8. The van der Waals surface area contributed by atoms with Crippen molar-refractivity contribution in [2.24, 2.45) is 0 Å². The number of amides is 8. The second-order valence-electron chi connectivity index (χ2n) is 24.2. The Hall–Kier alpha value is -11.8. The third-order valence-electron chi connectivity index (χ3n) is 19.4.